The minimum atomic E-state index is -0.472. The lowest BCUT2D eigenvalue weighted by molar-refractivity contribution is -0.127. The van der Waals surface area contributed by atoms with Gasteiger partial charge in [0.25, 0.3) is 5.91 Å². The van der Waals surface area contributed by atoms with Gasteiger partial charge in [-0.1, -0.05) is 25.5 Å². The lowest BCUT2D eigenvalue weighted by atomic mass is 10.1. The Labute approximate surface area is 116 Å². The number of carbonyl (C=O) groups excluding carboxylic acids is 1. The molecule has 2 unspecified atom stereocenters. The Bertz CT molecular complexity index is 429. The summed E-state index contributed by atoms with van der Waals surface area (Å²) in [5, 5.41) is 2.97. The van der Waals surface area contributed by atoms with E-state index in [-0.39, 0.29) is 11.9 Å². The molecule has 106 valence electrons. The largest absolute Gasteiger partial charge is 0.481 e. The molecule has 0 aliphatic heterocycles. The van der Waals surface area contributed by atoms with Gasteiger partial charge in [-0.3, -0.25) is 4.79 Å². The van der Waals surface area contributed by atoms with E-state index in [1.54, 1.807) is 6.92 Å². The molecule has 0 saturated heterocycles. The van der Waals surface area contributed by atoms with E-state index in [4.69, 9.17) is 4.74 Å². The van der Waals surface area contributed by atoms with Crippen LogP contribution in [0, 0.1) is 13.8 Å². The molecule has 0 heterocycles. The summed E-state index contributed by atoms with van der Waals surface area (Å²) in [7, 11) is 0. The van der Waals surface area contributed by atoms with Gasteiger partial charge in [0, 0.05) is 6.04 Å². The fourth-order valence-electron chi connectivity index (χ4n) is 1.94. The van der Waals surface area contributed by atoms with Crippen LogP contribution < -0.4 is 10.1 Å². The molecule has 0 aliphatic rings. The van der Waals surface area contributed by atoms with Crippen LogP contribution in [0.15, 0.2) is 18.2 Å². The minimum Gasteiger partial charge on any atom is -0.481 e. The number of hydrogen-bond donors (Lipinski definition) is 1. The van der Waals surface area contributed by atoms with Gasteiger partial charge in [-0.05, 0) is 51.3 Å². The molecule has 1 amide bonds. The number of carbonyl (C=O) groups is 1. The van der Waals surface area contributed by atoms with E-state index < -0.39 is 6.10 Å². The molecule has 0 fully saturated rings. The molecule has 3 nitrogen and oxygen atoms in total. The van der Waals surface area contributed by atoms with Gasteiger partial charge in [0.05, 0.1) is 0 Å². The lowest BCUT2D eigenvalue weighted by Crippen LogP contribution is -2.41. The Morgan fingerprint density at radius 2 is 2.00 bits per heavy atom. The molecule has 1 N–H and O–H groups in total. The predicted molar refractivity (Wildman–Crippen MR) is 78.5 cm³/mol. The third kappa shape index (κ3) is 4.93. The SMILES string of the molecule is CCCC(C)NC(=O)C(C)Oc1cc(C)ccc1C. The van der Waals surface area contributed by atoms with Gasteiger partial charge in [0.15, 0.2) is 6.10 Å². The quantitative estimate of drug-likeness (QED) is 0.854. The molecule has 1 aromatic carbocycles. The highest BCUT2D eigenvalue weighted by atomic mass is 16.5. The number of rotatable bonds is 6. The molecular formula is C16H25NO2. The van der Waals surface area contributed by atoms with Crippen molar-refractivity contribution in [3.05, 3.63) is 29.3 Å². The van der Waals surface area contributed by atoms with Crippen LogP contribution in [0.3, 0.4) is 0 Å². The Hall–Kier alpha value is -1.51. The first kappa shape index (κ1) is 15.5. The summed E-state index contributed by atoms with van der Waals surface area (Å²) in [6.45, 7) is 9.92. The van der Waals surface area contributed by atoms with Crippen molar-refractivity contribution in [2.45, 2.75) is 59.6 Å². The molecule has 0 aromatic heterocycles. The van der Waals surface area contributed by atoms with Crippen LogP contribution in [0.25, 0.3) is 0 Å². The molecule has 2 atom stereocenters. The molecule has 1 rings (SSSR count). The molecule has 19 heavy (non-hydrogen) atoms. The highest BCUT2D eigenvalue weighted by molar-refractivity contribution is 5.81. The number of aryl methyl sites for hydroxylation is 2. The fourth-order valence-corrected chi connectivity index (χ4v) is 1.94. The maximum absolute atomic E-state index is 12.0. The fraction of sp³-hybridized carbons (Fsp3) is 0.562. The van der Waals surface area contributed by atoms with Crippen molar-refractivity contribution in [2.75, 3.05) is 0 Å². The maximum Gasteiger partial charge on any atom is 0.260 e. The van der Waals surface area contributed by atoms with Gasteiger partial charge in [-0.15, -0.1) is 0 Å². The summed E-state index contributed by atoms with van der Waals surface area (Å²) in [6, 6.07) is 6.21. The van der Waals surface area contributed by atoms with E-state index >= 15 is 0 Å². The molecule has 0 spiro atoms. The standard InChI is InChI=1S/C16H25NO2/c1-6-7-13(4)17-16(18)14(5)19-15-10-11(2)8-9-12(15)3/h8-10,13-14H,6-7H2,1-5H3,(H,17,18). The third-order valence-corrected chi connectivity index (χ3v) is 3.13. The molecule has 1 aromatic rings. The minimum absolute atomic E-state index is 0.0538. The smallest absolute Gasteiger partial charge is 0.260 e. The predicted octanol–water partition coefficient (Wildman–Crippen LogP) is 3.38. The van der Waals surface area contributed by atoms with Crippen molar-refractivity contribution in [3.8, 4) is 5.75 Å². The van der Waals surface area contributed by atoms with E-state index in [0.717, 1.165) is 29.7 Å². The van der Waals surface area contributed by atoms with Crippen molar-refractivity contribution in [2.24, 2.45) is 0 Å². The molecule has 0 radical (unpaired) electrons. The van der Waals surface area contributed by atoms with E-state index in [0.29, 0.717) is 0 Å². The van der Waals surface area contributed by atoms with Crippen LogP contribution in [-0.2, 0) is 4.79 Å². The Kier molecular flexibility index (Phi) is 5.87. The number of ether oxygens (including phenoxy) is 1. The van der Waals surface area contributed by atoms with Gasteiger partial charge in [-0.2, -0.15) is 0 Å². The topological polar surface area (TPSA) is 38.3 Å². The summed E-state index contributed by atoms with van der Waals surface area (Å²) < 4.78 is 5.75. The number of amides is 1. The first-order valence-corrected chi connectivity index (χ1v) is 6.98. The maximum atomic E-state index is 12.0. The first-order chi connectivity index (χ1) is 8.93. The number of hydrogen-bond acceptors (Lipinski definition) is 2. The molecule has 0 saturated carbocycles. The molecule has 3 heteroatoms. The first-order valence-electron chi connectivity index (χ1n) is 6.98. The lowest BCUT2D eigenvalue weighted by Gasteiger charge is -2.19. The molecular weight excluding hydrogens is 238 g/mol. The van der Waals surface area contributed by atoms with Gasteiger partial charge in [-0.25, -0.2) is 0 Å². The van der Waals surface area contributed by atoms with E-state index in [1.807, 2.05) is 39.0 Å². The van der Waals surface area contributed by atoms with Crippen LogP contribution in [0.2, 0.25) is 0 Å². The zero-order chi connectivity index (χ0) is 14.4. The van der Waals surface area contributed by atoms with Gasteiger partial charge in [0.2, 0.25) is 0 Å². The Balaban J connectivity index is 2.61. The van der Waals surface area contributed by atoms with Gasteiger partial charge in [0.1, 0.15) is 5.75 Å². The van der Waals surface area contributed by atoms with Crippen LogP contribution >= 0.6 is 0 Å². The van der Waals surface area contributed by atoms with Crippen molar-refractivity contribution < 1.29 is 9.53 Å². The number of nitrogens with one attached hydrogen (secondary N) is 1. The van der Waals surface area contributed by atoms with Crippen molar-refractivity contribution in [3.63, 3.8) is 0 Å². The summed E-state index contributed by atoms with van der Waals surface area (Å²) in [5.74, 6) is 0.729. The van der Waals surface area contributed by atoms with E-state index in [9.17, 15) is 4.79 Å². The van der Waals surface area contributed by atoms with Gasteiger partial charge >= 0.3 is 0 Å². The Morgan fingerprint density at radius 1 is 1.32 bits per heavy atom. The average molecular weight is 263 g/mol. The second-order valence-electron chi connectivity index (χ2n) is 5.23. The van der Waals surface area contributed by atoms with Crippen LogP contribution in [-0.4, -0.2) is 18.1 Å². The second-order valence-corrected chi connectivity index (χ2v) is 5.23. The highest BCUT2D eigenvalue weighted by Crippen LogP contribution is 2.20. The van der Waals surface area contributed by atoms with E-state index in [2.05, 4.69) is 12.2 Å². The zero-order valence-electron chi connectivity index (χ0n) is 12.6. The van der Waals surface area contributed by atoms with Gasteiger partial charge < -0.3 is 10.1 Å². The summed E-state index contributed by atoms with van der Waals surface area (Å²) >= 11 is 0. The third-order valence-electron chi connectivity index (χ3n) is 3.13. The Morgan fingerprint density at radius 3 is 2.63 bits per heavy atom. The normalized spacial score (nSPS) is 13.7. The summed E-state index contributed by atoms with van der Waals surface area (Å²) in [5.41, 5.74) is 2.18. The second kappa shape index (κ2) is 7.17. The van der Waals surface area contributed by atoms with Crippen LogP contribution in [0.1, 0.15) is 44.7 Å². The molecule has 0 aliphatic carbocycles. The zero-order valence-corrected chi connectivity index (χ0v) is 12.6. The van der Waals surface area contributed by atoms with Crippen LogP contribution in [0.5, 0.6) is 5.75 Å². The summed E-state index contributed by atoms with van der Waals surface area (Å²) in [6.07, 6.45) is 1.58. The monoisotopic (exact) mass is 263 g/mol. The van der Waals surface area contributed by atoms with E-state index in [1.165, 1.54) is 0 Å². The number of benzene rings is 1. The average Bonchev–Trinajstić information content (AvgIpc) is 2.34. The highest BCUT2D eigenvalue weighted by Gasteiger charge is 2.17. The summed E-state index contributed by atoms with van der Waals surface area (Å²) in [4.78, 5) is 12.0. The van der Waals surface area contributed by atoms with Crippen molar-refractivity contribution >= 4 is 5.91 Å². The molecule has 0 bridgehead atoms. The van der Waals surface area contributed by atoms with Crippen LogP contribution in [0.4, 0.5) is 0 Å². The van der Waals surface area contributed by atoms with Crippen molar-refractivity contribution in [1.29, 1.82) is 0 Å². The van der Waals surface area contributed by atoms with Crippen molar-refractivity contribution in [1.82, 2.24) is 5.32 Å².